The third-order valence-corrected chi connectivity index (χ3v) is 1.31. The molecular formula is C5H6LiNO3. The average Bonchev–Trinajstić information content (AvgIpc) is 2.14. The van der Waals surface area contributed by atoms with Crippen LogP contribution in [0.1, 0.15) is 6.42 Å². The molecule has 1 unspecified atom stereocenters. The molecule has 0 radical (unpaired) electrons. The third kappa shape index (κ3) is 2.05. The maximum Gasteiger partial charge on any atom is 1.00 e. The molecule has 1 amide bonds. The first-order valence-corrected chi connectivity index (χ1v) is 2.67. The van der Waals surface area contributed by atoms with Crippen LogP contribution in [0, 0.1) is 5.92 Å². The summed E-state index contributed by atoms with van der Waals surface area (Å²) in [6.07, 6.45) is 0.0718. The van der Waals surface area contributed by atoms with Crippen LogP contribution in [-0.2, 0) is 9.59 Å². The molecule has 1 fully saturated rings. The van der Waals surface area contributed by atoms with Gasteiger partial charge in [-0.15, -0.1) is 0 Å². The second-order valence-corrected chi connectivity index (χ2v) is 2.02. The molecular weight excluding hydrogens is 129 g/mol. The van der Waals surface area contributed by atoms with Crippen LogP contribution in [0.5, 0.6) is 0 Å². The van der Waals surface area contributed by atoms with E-state index in [0.29, 0.717) is 0 Å². The van der Waals surface area contributed by atoms with E-state index in [1.54, 1.807) is 0 Å². The molecule has 0 aliphatic carbocycles. The maximum absolute atomic E-state index is 10.4. The predicted molar refractivity (Wildman–Crippen MR) is 26.1 cm³/mol. The normalized spacial score (nSPS) is 23.2. The summed E-state index contributed by atoms with van der Waals surface area (Å²) < 4.78 is 0. The van der Waals surface area contributed by atoms with Crippen molar-refractivity contribution in [3.05, 3.63) is 0 Å². The van der Waals surface area contributed by atoms with E-state index in [4.69, 9.17) is 0 Å². The third-order valence-electron chi connectivity index (χ3n) is 1.31. The van der Waals surface area contributed by atoms with E-state index in [9.17, 15) is 14.7 Å². The molecule has 1 N–H and O–H groups in total. The van der Waals surface area contributed by atoms with Gasteiger partial charge < -0.3 is 15.2 Å². The predicted octanol–water partition coefficient (Wildman–Crippen LogP) is -5.12. The fourth-order valence-electron chi connectivity index (χ4n) is 0.772. The molecule has 4 nitrogen and oxygen atoms in total. The Balaban J connectivity index is 0.000000810. The van der Waals surface area contributed by atoms with Crippen molar-refractivity contribution in [2.75, 3.05) is 6.54 Å². The molecule has 0 aromatic rings. The van der Waals surface area contributed by atoms with Crippen LogP contribution in [-0.4, -0.2) is 18.4 Å². The molecule has 1 rings (SSSR count). The first-order chi connectivity index (χ1) is 4.20. The Morgan fingerprint density at radius 2 is 2.30 bits per heavy atom. The zero-order valence-electron chi connectivity index (χ0n) is 5.72. The fourth-order valence-corrected chi connectivity index (χ4v) is 0.772. The van der Waals surface area contributed by atoms with Crippen LogP contribution in [0.25, 0.3) is 0 Å². The van der Waals surface area contributed by atoms with Gasteiger partial charge in [-0.1, -0.05) is 0 Å². The van der Waals surface area contributed by atoms with Crippen LogP contribution < -0.4 is 29.3 Å². The van der Waals surface area contributed by atoms with Gasteiger partial charge in [0.2, 0.25) is 5.91 Å². The molecule has 1 saturated heterocycles. The number of hydrogen-bond acceptors (Lipinski definition) is 3. The number of carbonyl (C=O) groups excluding carboxylic acids is 2. The molecule has 0 spiro atoms. The van der Waals surface area contributed by atoms with Gasteiger partial charge in [-0.3, -0.25) is 4.79 Å². The quantitative estimate of drug-likeness (QED) is 0.365. The van der Waals surface area contributed by atoms with Gasteiger partial charge in [0.15, 0.2) is 0 Å². The largest absolute Gasteiger partial charge is 1.00 e. The van der Waals surface area contributed by atoms with Gasteiger partial charge in [0, 0.05) is 24.9 Å². The van der Waals surface area contributed by atoms with E-state index in [-0.39, 0.29) is 37.7 Å². The molecule has 0 bridgehead atoms. The van der Waals surface area contributed by atoms with E-state index >= 15 is 0 Å². The Labute approximate surface area is 70.2 Å². The van der Waals surface area contributed by atoms with Crippen LogP contribution in [0.3, 0.4) is 0 Å². The zero-order chi connectivity index (χ0) is 6.85. The molecule has 1 heterocycles. The summed E-state index contributed by atoms with van der Waals surface area (Å²) in [7, 11) is 0. The summed E-state index contributed by atoms with van der Waals surface area (Å²) in [5, 5.41) is 12.4. The monoisotopic (exact) mass is 135 g/mol. The first kappa shape index (κ1) is 9.54. The summed E-state index contributed by atoms with van der Waals surface area (Å²) >= 11 is 0. The van der Waals surface area contributed by atoms with Crippen LogP contribution in [0.4, 0.5) is 0 Å². The van der Waals surface area contributed by atoms with Gasteiger partial charge in [0.05, 0.1) is 0 Å². The molecule has 10 heavy (non-hydrogen) atoms. The first-order valence-electron chi connectivity index (χ1n) is 2.67. The Bertz CT molecular complexity index is 159. The summed E-state index contributed by atoms with van der Waals surface area (Å²) in [5.41, 5.74) is 0. The molecule has 0 aromatic carbocycles. The summed E-state index contributed by atoms with van der Waals surface area (Å²) in [6, 6.07) is 0. The Kier molecular flexibility index (Phi) is 3.48. The van der Waals surface area contributed by atoms with Crippen molar-refractivity contribution in [3.63, 3.8) is 0 Å². The van der Waals surface area contributed by atoms with Crippen LogP contribution in [0.15, 0.2) is 0 Å². The van der Waals surface area contributed by atoms with Gasteiger partial charge in [0.25, 0.3) is 0 Å². The number of nitrogens with one attached hydrogen (secondary N) is 1. The maximum atomic E-state index is 10.4. The standard InChI is InChI=1S/C5H7NO3.Li/c7-4-1-3(2-6-4)5(8)9;/h3H,1-2H2,(H,6,7)(H,8,9);/q;+1/p-1. The Morgan fingerprint density at radius 1 is 1.70 bits per heavy atom. The SMILES string of the molecule is O=C1CC(C(=O)[O-])CN1.[Li+]. The van der Waals surface area contributed by atoms with Gasteiger partial charge in [-0.05, 0) is 0 Å². The van der Waals surface area contributed by atoms with Gasteiger partial charge in [0.1, 0.15) is 0 Å². The minimum absolute atomic E-state index is 0. The van der Waals surface area contributed by atoms with Gasteiger partial charge in [-0.2, -0.15) is 0 Å². The fraction of sp³-hybridized carbons (Fsp3) is 0.600. The zero-order valence-corrected chi connectivity index (χ0v) is 5.72. The van der Waals surface area contributed by atoms with Crippen molar-refractivity contribution in [2.24, 2.45) is 5.92 Å². The van der Waals surface area contributed by atoms with Crippen molar-refractivity contribution in [1.82, 2.24) is 5.32 Å². The van der Waals surface area contributed by atoms with Gasteiger partial charge >= 0.3 is 18.9 Å². The Hall–Kier alpha value is -0.463. The average molecular weight is 135 g/mol. The number of rotatable bonds is 1. The molecule has 50 valence electrons. The van der Waals surface area contributed by atoms with E-state index in [1.165, 1.54) is 0 Å². The molecule has 0 aromatic heterocycles. The van der Waals surface area contributed by atoms with Gasteiger partial charge in [-0.25, -0.2) is 0 Å². The summed E-state index contributed by atoms with van der Waals surface area (Å²) in [6.45, 7) is 0.223. The number of carboxylic acids is 1. The van der Waals surface area contributed by atoms with E-state index < -0.39 is 11.9 Å². The minimum atomic E-state index is -1.15. The smallest absolute Gasteiger partial charge is 0.550 e. The molecule has 1 aliphatic heterocycles. The summed E-state index contributed by atoms with van der Waals surface area (Å²) in [5.74, 6) is -1.96. The van der Waals surface area contributed by atoms with Crippen LogP contribution in [0.2, 0.25) is 0 Å². The van der Waals surface area contributed by atoms with Crippen molar-refractivity contribution in [1.29, 1.82) is 0 Å². The Morgan fingerprint density at radius 3 is 2.50 bits per heavy atom. The van der Waals surface area contributed by atoms with Crippen LogP contribution >= 0.6 is 0 Å². The minimum Gasteiger partial charge on any atom is -0.550 e. The second kappa shape index (κ2) is 3.64. The second-order valence-electron chi connectivity index (χ2n) is 2.02. The van der Waals surface area contributed by atoms with E-state index in [2.05, 4.69) is 5.32 Å². The number of hydrogen-bond donors (Lipinski definition) is 1. The van der Waals surface area contributed by atoms with Crippen molar-refractivity contribution < 1.29 is 33.6 Å². The van der Waals surface area contributed by atoms with E-state index in [0.717, 1.165) is 0 Å². The summed E-state index contributed by atoms with van der Waals surface area (Å²) in [4.78, 5) is 20.4. The number of carbonyl (C=O) groups is 2. The van der Waals surface area contributed by atoms with Crippen molar-refractivity contribution in [3.8, 4) is 0 Å². The molecule has 1 aliphatic rings. The molecule has 5 heteroatoms. The van der Waals surface area contributed by atoms with E-state index in [1.807, 2.05) is 0 Å². The molecule has 0 saturated carbocycles. The topological polar surface area (TPSA) is 69.2 Å². The van der Waals surface area contributed by atoms with Crippen molar-refractivity contribution in [2.45, 2.75) is 6.42 Å². The molecule has 1 atom stereocenters. The number of aliphatic carboxylic acids is 1. The number of amides is 1. The number of carboxylic acid groups (broad SMARTS) is 1. The van der Waals surface area contributed by atoms with Crippen molar-refractivity contribution >= 4 is 11.9 Å².